The highest BCUT2D eigenvalue weighted by molar-refractivity contribution is 7.93. The molecule has 1 aromatic heterocycles. The van der Waals surface area contributed by atoms with Gasteiger partial charge in [0.15, 0.2) is 0 Å². The molecule has 150 valence electrons. The first kappa shape index (κ1) is 21.0. The van der Waals surface area contributed by atoms with Crippen LogP contribution in [-0.4, -0.2) is 30.2 Å². The van der Waals surface area contributed by atoms with Crippen LogP contribution in [0.15, 0.2) is 41.3 Å². The first-order valence-electron chi connectivity index (χ1n) is 8.50. The molecule has 0 atom stereocenters. The number of benzene rings is 2. The summed E-state index contributed by atoms with van der Waals surface area (Å²) in [5, 5.41) is 0.428. The third-order valence-corrected chi connectivity index (χ3v) is 6.07. The number of methoxy groups -OCH3 is 1. The monoisotopic (exact) mass is 449 g/mol. The van der Waals surface area contributed by atoms with Crippen LogP contribution in [0.5, 0.6) is 0 Å². The van der Waals surface area contributed by atoms with Gasteiger partial charge in [-0.2, -0.15) is 8.75 Å². The number of fused-ring (bicyclic) bond motifs is 1. The minimum Gasteiger partial charge on any atom is -0.469 e. The Kier molecular flexibility index (Phi) is 6.69. The van der Waals surface area contributed by atoms with Crippen LogP contribution in [0.1, 0.15) is 24.8 Å². The van der Waals surface area contributed by atoms with Crippen LogP contribution in [0.25, 0.3) is 11.0 Å². The molecule has 2 aromatic carbocycles. The fourth-order valence-corrected chi connectivity index (χ4v) is 4.51. The molecular weight excluding hydrogens is 434 g/mol. The van der Waals surface area contributed by atoms with Crippen molar-refractivity contribution in [3.05, 3.63) is 47.0 Å². The van der Waals surface area contributed by atoms with Crippen molar-refractivity contribution in [3.63, 3.8) is 0 Å². The lowest BCUT2D eigenvalue weighted by molar-refractivity contribution is -0.140. The third-order valence-electron chi connectivity index (χ3n) is 3.90. The number of rotatable bonds is 6. The molecule has 0 spiro atoms. The van der Waals surface area contributed by atoms with Crippen LogP contribution in [-0.2, 0) is 19.6 Å². The van der Waals surface area contributed by atoms with Crippen LogP contribution in [0.3, 0.4) is 0 Å². The van der Waals surface area contributed by atoms with Gasteiger partial charge in [0.1, 0.15) is 15.9 Å². The number of esters is 1. The summed E-state index contributed by atoms with van der Waals surface area (Å²) in [6.07, 6.45) is 1.27. The molecule has 0 saturated heterocycles. The van der Waals surface area contributed by atoms with Gasteiger partial charge in [-0.3, -0.25) is 9.52 Å². The number of anilines is 1. The molecule has 1 heterocycles. The first-order chi connectivity index (χ1) is 13.9. The van der Waals surface area contributed by atoms with Crippen molar-refractivity contribution in [1.29, 1.82) is 0 Å². The number of carbonyl (C=O) groups is 1. The molecule has 0 aliphatic carbocycles. The topological polar surface area (TPSA) is 98.2 Å². The van der Waals surface area contributed by atoms with Crippen molar-refractivity contribution in [2.45, 2.75) is 24.2 Å². The Morgan fingerprint density at radius 2 is 2.10 bits per heavy atom. The Bertz CT molecular complexity index is 1210. The molecule has 0 amide bonds. The maximum atomic E-state index is 12.9. The normalized spacial score (nSPS) is 11.0. The molecule has 29 heavy (non-hydrogen) atoms. The zero-order chi connectivity index (χ0) is 20.9. The maximum absolute atomic E-state index is 12.9. The number of nitrogens with one attached hydrogen (secondary N) is 1. The van der Waals surface area contributed by atoms with Crippen molar-refractivity contribution >= 4 is 56.0 Å². The van der Waals surface area contributed by atoms with Crippen molar-refractivity contribution in [2.24, 2.45) is 0 Å². The lowest BCUT2D eigenvalue weighted by atomic mass is 10.1. The molecular formula is C19H16ClN3O4S2. The highest BCUT2D eigenvalue weighted by Crippen LogP contribution is 2.26. The van der Waals surface area contributed by atoms with Gasteiger partial charge in [-0.1, -0.05) is 29.5 Å². The van der Waals surface area contributed by atoms with Gasteiger partial charge >= 0.3 is 5.97 Å². The summed E-state index contributed by atoms with van der Waals surface area (Å²) >= 11 is 6.99. The second kappa shape index (κ2) is 9.22. The number of carbonyl (C=O) groups excluding carboxylic acids is 1. The standard InChI is InChI=1S/C19H16ClN3O4S2/c1-27-18(24)9-4-2-3-6-13-12-14(20)10-11-15(13)23-29(25,26)17-8-5-7-16-19(17)22-28-21-16/h5,7-8,10-12,23H,2,4,9H2,1H3. The van der Waals surface area contributed by atoms with Gasteiger partial charge in [0.2, 0.25) is 0 Å². The van der Waals surface area contributed by atoms with Crippen molar-refractivity contribution < 1.29 is 17.9 Å². The van der Waals surface area contributed by atoms with Gasteiger partial charge in [-0.15, -0.1) is 0 Å². The van der Waals surface area contributed by atoms with Crippen molar-refractivity contribution in [3.8, 4) is 11.8 Å². The Labute approximate surface area is 177 Å². The van der Waals surface area contributed by atoms with E-state index in [0.29, 0.717) is 40.1 Å². The van der Waals surface area contributed by atoms with E-state index in [0.717, 1.165) is 11.7 Å². The Balaban J connectivity index is 1.84. The average Bonchev–Trinajstić information content (AvgIpc) is 3.18. The van der Waals surface area contributed by atoms with Crippen LogP contribution >= 0.6 is 23.3 Å². The van der Waals surface area contributed by atoms with E-state index in [2.05, 4.69) is 30.0 Å². The number of nitrogens with zero attached hydrogens (tertiary/aromatic N) is 2. The summed E-state index contributed by atoms with van der Waals surface area (Å²) in [5.41, 5.74) is 1.56. The number of hydrogen-bond donors (Lipinski definition) is 1. The molecule has 3 aromatic rings. The predicted molar refractivity (Wildman–Crippen MR) is 112 cm³/mol. The maximum Gasteiger partial charge on any atom is 0.305 e. The lowest BCUT2D eigenvalue weighted by Gasteiger charge is -2.10. The summed E-state index contributed by atoms with van der Waals surface area (Å²) in [6, 6.07) is 9.50. The van der Waals surface area contributed by atoms with Gasteiger partial charge in [0.05, 0.1) is 30.1 Å². The smallest absolute Gasteiger partial charge is 0.305 e. The molecule has 10 heteroatoms. The zero-order valence-corrected chi connectivity index (χ0v) is 17.7. The molecule has 0 bridgehead atoms. The van der Waals surface area contributed by atoms with E-state index in [-0.39, 0.29) is 17.3 Å². The highest BCUT2D eigenvalue weighted by Gasteiger charge is 2.20. The van der Waals surface area contributed by atoms with E-state index in [4.69, 9.17) is 11.6 Å². The molecule has 3 rings (SSSR count). The Hall–Kier alpha value is -2.67. The second-order valence-corrected chi connectivity index (χ2v) is 8.53. The molecule has 7 nitrogen and oxygen atoms in total. The minimum absolute atomic E-state index is 0.0377. The fourth-order valence-electron chi connectivity index (χ4n) is 2.49. The summed E-state index contributed by atoms with van der Waals surface area (Å²) in [6.45, 7) is 0. The molecule has 0 aliphatic rings. The summed E-state index contributed by atoms with van der Waals surface area (Å²) in [5.74, 6) is 5.54. The average molecular weight is 450 g/mol. The van der Waals surface area contributed by atoms with Crippen molar-refractivity contribution in [2.75, 3.05) is 11.8 Å². The lowest BCUT2D eigenvalue weighted by Crippen LogP contribution is -2.14. The van der Waals surface area contributed by atoms with E-state index < -0.39 is 10.0 Å². The van der Waals surface area contributed by atoms with Crippen LogP contribution in [0, 0.1) is 11.8 Å². The first-order valence-corrected chi connectivity index (χ1v) is 11.1. The van der Waals surface area contributed by atoms with E-state index in [9.17, 15) is 13.2 Å². The zero-order valence-electron chi connectivity index (χ0n) is 15.3. The van der Waals surface area contributed by atoms with E-state index >= 15 is 0 Å². The summed E-state index contributed by atoms with van der Waals surface area (Å²) in [7, 11) is -2.58. The predicted octanol–water partition coefficient (Wildman–Crippen LogP) is 3.84. The van der Waals surface area contributed by atoms with Crippen LogP contribution in [0.4, 0.5) is 5.69 Å². The van der Waals surface area contributed by atoms with Gasteiger partial charge in [-0.25, -0.2) is 8.42 Å². The van der Waals surface area contributed by atoms with Crippen molar-refractivity contribution in [1.82, 2.24) is 8.75 Å². The SMILES string of the molecule is COC(=O)CCCC#Cc1cc(Cl)ccc1NS(=O)(=O)c1cccc2nsnc12. The molecule has 0 fully saturated rings. The Morgan fingerprint density at radius 3 is 2.90 bits per heavy atom. The molecule has 0 saturated carbocycles. The number of ether oxygens (including phenoxy) is 1. The van der Waals surface area contributed by atoms with E-state index in [1.54, 1.807) is 30.3 Å². The molecule has 1 N–H and O–H groups in total. The highest BCUT2D eigenvalue weighted by atomic mass is 35.5. The van der Waals surface area contributed by atoms with Crippen LogP contribution < -0.4 is 4.72 Å². The largest absolute Gasteiger partial charge is 0.469 e. The summed E-state index contributed by atoms with van der Waals surface area (Å²) in [4.78, 5) is 11.2. The molecule has 0 unspecified atom stereocenters. The minimum atomic E-state index is -3.91. The molecule has 0 radical (unpaired) electrons. The number of sulfonamides is 1. The second-order valence-electron chi connectivity index (χ2n) is 5.91. The quantitative estimate of drug-likeness (QED) is 0.349. The Morgan fingerprint density at radius 1 is 1.28 bits per heavy atom. The summed E-state index contributed by atoms with van der Waals surface area (Å²) < 4.78 is 41.1. The third kappa shape index (κ3) is 5.23. The number of aromatic nitrogens is 2. The van der Waals surface area contributed by atoms with E-state index in [1.807, 2.05) is 0 Å². The van der Waals surface area contributed by atoms with Crippen LogP contribution in [0.2, 0.25) is 5.02 Å². The van der Waals surface area contributed by atoms with Gasteiger partial charge in [0, 0.05) is 17.9 Å². The van der Waals surface area contributed by atoms with Gasteiger partial charge < -0.3 is 4.74 Å². The van der Waals surface area contributed by atoms with E-state index in [1.165, 1.54) is 13.2 Å². The number of halogens is 1. The number of unbranched alkanes of at least 4 members (excludes halogenated alkanes) is 1. The molecule has 0 aliphatic heterocycles. The van der Waals surface area contributed by atoms with Gasteiger partial charge in [0.25, 0.3) is 10.0 Å². The number of hydrogen-bond acceptors (Lipinski definition) is 7. The van der Waals surface area contributed by atoms with Gasteiger partial charge in [-0.05, 0) is 36.8 Å². The fraction of sp³-hybridized carbons (Fsp3) is 0.211.